The van der Waals surface area contributed by atoms with Gasteiger partial charge < -0.3 is 4.40 Å². The molecule has 3 rings (SSSR count). The quantitative estimate of drug-likeness (QED) is 0.720. The van der Waals surface area contributed by atoms with E-state index in [2.05, 4.69) is 15.5 Å². The summed E-state index contributed by atoms with van der Waals surface area (Å²) in [6.45, 7) is 2.03. The maximum absolute atomic E-state index is 11.0. The number of carbonyl (C=O) groups is 1. The van der Waals surface area contributed by atoms with E-state index in [1.165, 1.54) is 19.3 Å². The van der Waals surface area contributed by atoms with Gasteiger partial charge >= 0.3 is 0 Å². The third-order valence-electron chi connectivity index (χ3n) is 3.44. The van der Waals surface area contributed by atoms with Crippen LogP contribution in [0.5, 0.6) is 0 Å². The van der Waals surface area contributed by atoms with Crippen molar-refractivity contribution in [2.75, 3.05) is 0 Å². The maximum Gasteiger partial charge on any atom is 0.170 e. The van der Waals surface area contributed by atoms with Crippen molar-refractivity contribution in [1.29, 1.82) is 0 Å². The fraction of sp³-hybridized carbons (Fsp3) is 0.385. The number of rotatable bonds is 2. The molecule has 0 spiro atoms. The predicted octanol–water partition coefficient (Wildman–Crippen LogP) is 2.72. The Balaban J connectivity index is 2.25. The SMILES string of the molecule is Cc1ccn2c(C3CCC3)nc(C=O)c2c1. The van der Waals surface area contributed by atoms with Gasteiger partial charge in [0.25, 0.3) is 0 Å². The number of hydrogen-bond acceptors (Lipinski definition) is 2. The zero-order chi connectivity index (χ0) is 11.1. The molecule has 0 N–H and O–H groups in total. The predicted molar refractivity (Wildman–Crippen MR) is 61.9 cm³/mol. The van der Waals surface area contributed by atoms with Gasteiger partial charge in [0, 0.05) is 12.1 Å². The fourth-order valence-corrected chi connectivity index (χ4v) is 2.28. The molecule has 2 aromatic rings. The summed E-state index contributed by atoms with van der Waals surface area (Å²) in [4.78, 5) is 15.5. The average molecular weight is 214 g/mol. The minimum Gasteiger partial charge on any atom is -0.303 e. The Labute approximate surface area is 94.1 Å². The Kier molecular flexibility index (Phi) is 2.06. The second-order valence-electron chi connectivity index (χ2n) is 4.56. The summed E-state index contributed by atoms with van der Waals surface area (Å²) in [6.07, 6.45) is 6.56. The number of hydrogen-bond donors (Lipinski definition) is 0. The summed E-state index contributed by atoms with van der Waals surface area (Å²) < 4.78 is 2.07. The molecule has 3 nitrogen and oxygen atoms in total. The van der Waals surface area contributed by atoms with E-state index in [0.29, 0.717) is 11.6 Å². The van der Waals surface area contributed by atoms with Gasteiger partial charge in [-0.25, -0.2) is 4.98 Å². The monoisotopic (exact) mass is 214 g/mol. The van der Waals surface area contributed by atoms with E-state index < -0.39 is 0 Å². The number of aromatic nitrogens is 2. The maximum atomic E-state index is 11.0. The first kappa shape index (κ1) is 9.58. The van der Waals surface area contributed by atoms with E-state index in [1.54, 1.807) is 0 Å². The van der Waals surface area contributed by atoms with Gasteiger partial charge in [-0.1, -0.05) is 6.42 Å². The van der Waals surface area contributed by atoms with E-state index in [-0.39, 0.29) is 0 Å². The Morgan fingerprint density at radius 3 is 2.94 bits per heavy atom. The van der Waals surface area contributed by atoms with E-state index in [1.807, 2.05) is 19.2 Å². The molecule has 82 valence electrons. The summed E-state index contributed by atoms with van der Waals surface area (Å²) in [5.41, 5.74) is 2.68. The first-order chi connectivity index (χ1) is 7.79. The molecule has 16 heavy (non-hydrogen) atoms. The van der Waals surface area contributed by atoms with Gasteiger partial charge in [0.05, 0.1) is 5.52 Å². The van der Waals surface area contributed by atoms with Crippen LogP contribution in [0.25, 0.3) is 5.52 Å². The van der Waals surface area contributed by atoms with Crippen molar-refractivity contribution in [2.45, 2.75) is 32.1 Å². The molecule has 0 amide bonds. The number of carbonyl (C=O) groups excluding carboxylic acids is 1. The van der Waals surface area contributed by atoms with Crippen LogP contribution in [-0.4, -0.2) is 15.7 Å². The van der Waals surface area contributed by atoms with Crippen LogP contribution in [0, 0.1) is 6.92 Å². The summed E-state index contributed by atoms with van der Waals surface area (Å²) in [5.74, 6) is 1.60. The van der Waals surface area contributed by atoms with Gasteiger partial charge in [-0.3, -0.25) is 4.79 Å². The first-order valence-corrected chi connectivity index (χ1v) is 5.73. The van der Waals surface area contributed by atoms with Gasteiger partial charge in [-0.05, 0) is 37.5 Å². The third-order valence-corrected chi connectivity index (χ3v) is 3.44. The molecule has 1 aliphatic rings. The normalized spacial score (nSPS) is 16.3. The molecule has 1 saturated carbocycles. The van der Waals surface area contributed by atoms with Crippen LogP contribution in [0.2, 0.25) is 0 Å². The van der Waals surface area contributed by atoms with Crippen LogP contribution >= 0.6 is 0 Å². The van der Waals surface area contributed by atoms with Crippen LogP contribution in [0.4, 0.5) is 0 Å². The summed E-state index contributed by atoms with van der Waals surface area (Å²) in [5, 5.41) is 0. The lowest BCUT2D eigenvalue weighted by atomic mass is 9.85. The second kappa shape index (κ2) is 3.44. The number of aldehydes is 1. The van der Waals surface area contributed by atoms with E-state index >= 15 is 0 Å². The van der Waals surface area contributed by atoms with Crippen molar-refractivity contribution >= 4 is 11.8 Å². The molecular weight excluding hydrogens is 200 g/mol. The standard InChI is InChI=1S/C13H14N2O/c1-9-5-6-15-12(7-9)11(8-16)14-13(15)10-3-2-4-10/h5-8,10H,2-4H2,1H3. The minimum atomic E-state index is 0.545. The Morgan fingerprint density at radius 1 is 1.50 bits per heavy atom. The smallest absolute Gasteiger partial charge is 0.170 e. The van der Waals surface area contributed by atoms with Crippen LogP contribution < -0.4 is 0 Å². The van der Waals surface area contributed by atoms with Crippen molar-refractivity contribution in [3.05, 3.63) is 35.4 Å². The molecule has 0 atom stereocenters. The molecule has 2 heterocycles. The highest BCUT2D eigenvalue weighted by atomic mass is 16.1. The first-order valence-electron chi connectivity index (χ1n) is 5.73. The van der Waals surface area contributed by atoms with Crippen LogP contribution in [0.3, 0.4) is 0 Å². The molecule has 0 unspecified atom stereocenters. The topological polar surface area (TPSA) is 34.4 Å². The van der Waals surface area contributed by atoms with Crippen LogP contribution in [0.1, 0.15) is 47.1 Å². The molecular formula is C13H14N2O. The molecule has 0 radical (unpaired) electrons. The average Bonchev–Trinajstić information content (AvgIpc) is 2.54. The molecule has 3 heteroatoms. The molecule has 2 aromatic heterocycles. The Bertz CT molecular complexity index is 552. The molecule has 1 aliphatic carbocycles. The second-order valence-corrected chi connectivity index (χ2v) is 4.56. The van der Waals surface area contributed by atoms with Crippen molar-refractivity contribution in [3.8, 4) is 0 Å². The van der Waals surface area contributed by atoms with Gasteiger partial charge in [-0.15, -0.1) is 0 Å². The van der Waals surface area contributed by atoms with Crippen molar-refractivity contribution in [1.82, 2.24) is 9.38 Å². The number of imidazole rings is 1. The molecule has 0 bridgehead atoms. The number of pyridine rings is 1. The summed E-state index contributed by atoms with van der Waals surface area (Å²) in [7, 11) is 0. The van der Waals surface area contributed by atoms with E-state index in [4.69, 9.17) is 0 Å². The summed E-state index contributed by atoms with van der Waals surface area (Å²) in [6, 6.07) is 4.09. The Hall–Kier alpha value is -1.64. The highest BCUT2D eigenvalue weighted by Crippen LogP contribution is 2.36. The number of fused-ring (bicyclic) bond motifs is 1. The summed E-state index contributed by atoms with van der Waals surface area (Å²) >= 11 is 0. The molecule has 0 aromatic carbocycles. The van der Waals surface area contributed by atoms with Crippen LogP contribution in [0.15, 0.2) is 18.3 Å². The highest BCUT2D eigenvalue weighted by molar-refractivity contribution is 5.84. The van der Waals surface area contributed by atoms with E-state index in [9.17, 15) is 4.79 Å². The van der Waals surface area contributed by atoms with Gasteiger partial charge in [0.1, 0.15) is 11.5 Å². The van der Waals surface area contributed by atoms with Gasteiger partial charge in [0.15, 0.2) is 6.29 Å². The lowest BCUT2D eigenvalue weighted by Gasteiger charge is -2.23. The molecule has 1 fully saturated rings. The zero-order valence-electron chi connectivity index (χ0n) is 9.31. The van der Waals surface area contributed by atoms with Crippen molar-refractivity contribution < 1.29 is 4.79 Å². The van der Waals surface area contributed by atoms with Crippen molar-refractivity contribution in [2.24, 2.45) is 0 Å². The molecule has 0 aliphatic heterocycles. The lowest BCUT2D eigenvalue weighted by Crippen LogP contribution is -2.12. The van der Waals surface area contributed by atoms with Gasteiger partial charge in [-0.2, -0.15) is 0 Å². The Morgan fingerprint density at radius 2 is 2.31 bits per heavy atom. The number of aryl methyl sites for hydroxylation is 1. The zero-order valence-corrected chi connectivity index (χ0v) is 9.31. The minimum absolute atomic E-state index is 0.545. The highest BCUT2D eigenvalue weighted by Gasteiger charge is 2.25. The van der Waals surface area contributed by atoms with E-state index in [0.717, 1.165) is 23.2 Å². The molecule has 0 saturated heterocycles. The largest absolute Gasteiger partial charge is 0.303 e. The van der Waals surface area contributed by atoms with Crippen LogP contribution in [-0.2, 0) is 0 Å². The lowest BCUT2D eigenvalue weighted by molar-refractivity contribution is 0.112. The third kappa shape index (κ3) is 1.28. The van der Waals surface area contributed by atoms with Gasteiger partial charge in [0.2, 0.25) is 0 Å². The number of nitrogens with zero attached hydrogens (tertiary/aromatic N) is 2. The van der Waals surface area contributed by atoms with Crippen molar-refractivity contribution in [3.63, 3.8) is 0 Å². The fourth-order valence-electron chi connectivity index (χ4n) is 2.28.